The molecule has 0 aliphatic heterocycles. The first-order chi connectivity index (χ1) is 19.4. The molecule has 4 aromatic carbocycles. The van der Waals surface area contributed by atoms with E-state index in [4.69, 9.17) is 14.6 Å². The molecule has 6 heteroatoms. The van der Waals surface area contributed by atoms with Gasteiger partial charge in [0, 0.05) is 31.5 Å². The molecule has 40 heavy (non-hydrogen) atoms. The molecule has 0 aliphatic carbocycles. The molecule has 1 unspecified atom stereocenters. The zero-order chi connectivity index (χ0) is 28.3. The largest absolute Gasteiger partial charge is 0.494 e. The van der Waals surface area contributed by atoms with Crippen LogP contribution in [0.2, 0.25) is 0 Å². The Kier molecular flexibility index (Phi) is 10.3. The van der Waals surface area contributed by atoms with Crippen LogP contribution in [0.3, 0.4) is 0 Å². The number of carboxylic acid groups (broad SMARTS) is 1. The molecule has 1 N–H and O–H groups in total. The van der Waals surface area contributed by atoms with Crippen LogP contribution < -0.4 is 9.47 Å². The van der Waals surface area contributed by atoms with E-state index in [0.29, 0.717) is 24.5 Å². The van der Waals surface area contributed by atoms with Gasteiger partial charge in [0.1, 0.15) is 5.75 Å². The summed E-state index contributed by atoms with van der Waals surface area (Å²) in [4.78, 5) is 13.4. The number of hydrogen-bond acceptors (Lipinski definition) is 4. The molecule has 0 heterocycles. The number of nitrogens with zero attached hydrogens (tertiary/aromatic N) is 1. The van der Waals surface area contributed by atoms with Gasteiger partial charge in [-0.1, -0.05) is 85.8 Å². The van der Waals surface area contributed by atoms with Gasteiger partial charge in [0.05, 0.1) is 20.1 Å². The summed E-state index contributed by atoms with van der Waals surface area (Å²) in [5.74, 6) is -0.0815. The van der Waals surface area contributed by atoms with Gasteiger partial charge in [-0.15, -0.1) is 0 Å². The summed E-state index contributed by atoms with van der Waals surface area (Å²) < 4.78 is 25.8. The maximum Gasteiger partial charge on any atom is 0.307 e. The Hall–Kier alpha value is -4.16. The second kappa shape index (κ2) is 14.3. The van der Waals surface area contributed by atoms with Gasteiger partial charge in [-0.05, 0) is 46.5 Å². The first-order valence-corrected chi connectivity index (χ1v) is 13.5. The van der Waals surface area contributed by atoms with E-state index in [1.54, 1.807) is 24.3 Å². The fourth-order valence-electron chi connectivity index (χ4n) is 4.95. The first-order valence-electron chi connectivity index (χ1n) is 13.5. The van der Waals surface area contributed by atoms with Crippen molar-refractivity contribution in [1.82, 2.24) is 4.90 Å². The second-order valence-electron chi connectivity index (χ2n) is 10.2. The van der Waals surface area contributed by atoms with Crippen LogP contribution in [0.1, 0.15) is 35.1 Å². The Bertz CT molecular complexity index is 1320. The van der Waals surface area contributed by atoms with Crippen LogP contribution in [0.5, 0.6) is 11.5 Å². The fraction of sp³-hybridized carbons (Fsp3) is 0.265. The van der Waals surface area contributed by atoms with Gasteiger partial charge in [0.25, 0.3) is 0 Å². The first kappa shape index (κ1) is 28.8. The number of halogens is 1. The van der Waals surface area contributed by atoms with Crippen LogP contribution in [0.25, 0.3) is 0 Å². The topological polar surface area (TPSA) is 59.0 Å². The van der Waals surface area contributed by atoms with E-state index < -0.39 is 5.97 Å². The van der Waals surface area contributed by atoms with Gasteiger partial charge in [-0.3, -0.25) is 9.69 Å². The van der Waals surface area contributed by atoms with E-state index in [9.17, 15) is 9.18 Å². The molecule has 0 spiro atoms. The standard InChI is InChI=1S/C34H36FNO4/c1-25(24-40-30-15-9-10-26(18-30)20-34(37)38)21-36(22-27-16-17-33(39-2)32(35)19-27)23-31(28-11-5-3-6-12-28)29-13-7-4-8-14-29/h3-19,25,31H,20-24H2,1-2H3,(H,37,38). The zero-order valence-electron chi connectivity index (χ0n) is 23.0. The van der Waals surface area contributed by atoms with Crippen molar-refractivity contribution in [3.8, 4) is 11.5 Å². The smallest absolute Gasteiger partial charge is 0.307 e. The number of aliphatic carboxylic acids is 1. The third-order valence-corrected chi connectivity index (χ3v) is 6.83. The third-order valence-electron chi connectivity index (χ3n) is 6.83. The Morgan fingerprint density at radius 3 is 2.12 bits per heavy atom. The summed E-state index contributed by atoms with van der Waals surface area (Å²) in [6, 6.07) is 33.2. The average molecular weight is 542 g/mol. The summed E-state index contributed by atoms with van der Waals surface area (Å²) in [7, 11) is 1.47. The number of ether oxygens (including phenoxy) is 2. The highest BCUT2D eigenvalue weighted by molar-refractivity contribution is 5.70. The van der Waals surface area contributed by atoms with Crippen LogP contribution in [0, 0.1) is 11.7 Å². The molecule has 0 fully saturated rings. The minimum absolute atomic E-state index is 0.0423. The SMILES string of the molecule is COc1ccc(CN(CC(C)COc2cccc(CC(=O)O)c2)CC(c2ccccc2)c2ccccc2)cc1F. The molecule has 5 nitrogen and oxygen atoms in total. The third kappa shape index (κ3) is 8.42. The lowest BCUT2D eigenvalue weighted by molar-refractivity contribution is -0.136. The molecule has 0 radical (unpaired) electrons. The molecule has 1 atom stereocenters. The maximum absolute atomic E-state index is 14.6. The second-order valence-corrected chi connectivity index (χ2v) is 10.2. The zero-order valence-corrected chi connectivity index (χ0v) is 23.0. The van der Waals surface area contributed by atoms with Crippen LogP contribution in [-0.4, -0.2) is 42.8 Å². The van der Waals surface area contributed by atoms with Crippen LogP contribution in [0.15, 0.2) is 103 Å². The summed E-state index contributed by atoms with van der Waals surface area (Å²) in [6.07, 6.45) is -0.0423. The Labute approximate surface area is 235 Å². The lowest BCUT2D eigenvalue weighted by Crippen LogP contribution is -2.34. The van der Waals surface area contributed by atoms with Crippen molar-refractivity contribution in [3.05, 3.63) is 131 Å². The van der Waals surface area contributed by atoms with Crippen molar-refractivity contribution in [2.45, 2.75) is 25.8 Å². The van der Waals surface area contributed by atoms with Crippen molar-refractivity contribution in [2.24, 2.45) is 5.92 Å². The number of benzene rings is 4. The number of carbonyl (C=O) groups is 1. The monoisotopic (exact) mass is 541 g/mol. The molecule has 208 valence electrons. The lowest BCUT2D eigenvalue weighted by Gasteiger charge is -2.30. The minimum Gasteiger partial charge on any atom is -0.494 e. The molecule has 0 aromatic heterocycles. The Balaban J connectivity index is 1.53. The quantitative estimate of drug-likeness (QED) is 0.190. The van der Waals surface area contributed by atoms with E-state index >= 15 is 0 Å². The van der Waals surface area contributed by atoms with Gasteiger partial charge < -0.3 is 14.6 Å². The molecular formula is C34H36FNO4. The highest BCUT2D eigenvalue weighted by Gasteiger charge is 2.21. The maximum atomic E-state index is 14.6. The Morgan fingerprint density at radius 1 is 0.850 bits per heavy atom. The van der Waals surface area contributed by atoms with E-state index in [-0.39, 0.29) is 29.8 Å². The van der Waals surface area contributed by atoms with Gasteiger partial charge in [-0.25, -0.2) is 4.39 Å². The summed E-state index contributed by atoms with van der Waals surface area (Å²) in [5.41, 5.74) is 4.01. The predicted octanol–water partition coefficient (Wildman–Crippen LogP) is 6.81. The summed E-state index contributed by atoms with van der Waals surface area (Å²) in [5, 5.41) is 9.10. The molecule has 0 amide bonds. The molecule has 0 saturated carbocycles. The van der Waals surface area contributed by atoms with E-state index in [1.165, 1.54) is 18.2 Å². The predicted molar refractivity (Wildman–Crippen MR) is 155 cm³/mol. The normalized spacial score (nSPS) is 11.9. The fourth-order valence-corrected chi connectivity index (χ4v) is 4.95. The Morgan fingerprint density at radius 2 is 1.52 bits per heavy atom. The molecular weight excluding hydrogens is 505 g/mol. The van der Waals surface area contributed by atoms with Crippen LogP contribution in [0.4, 0.5) is 4.39 Å². The van der Waals surface area contributed by atoms with Crippen molar-refractivity contribution >= 4 is 5.97 Å². The highest BCUT2D eigenvalue weighted by Crippen LogP contribution is 2.28. The van der Waals surface area contributed by atoms with Crippen molar-refractivity contribution in [3.63, 3.8) is 0 Å². The molecule has 0 saturated heterocycles. The van der Waals surface area contributed by atoms with Gasteiger partial charge in [-0.2, -0.15) is 0 Å². The molecule has 4 rings (SSSR count). The average Bonchev–Trinajstić information content (AvgIpc) is 2.95. The van der Waals surface area contributed by atoms with E-state index in [1.807, 2.05) is 30.3 Å². The van der Waals surface area contributed by atoms with Gasteiger partial charge in [0.15, 0.2) is 11.6 Å². The lowest BCUT2D eigenvalue weighted by atomic mass is 9.90. The van der Waals surface area contributed by atoms with Crippen LogP contribution >= 0.6 is 0 Å². The number of carboxylic acids is 1. The van der Waals surface area contributed by atoms with Gasteiger partial charge >= 0.3 is 5.97 Å². The summed E-state index contributed by atoms with van der Waals surface area (Å²) in [6.45, 7) is 4.61. The minimum atomic E-state index is -0.873. The number of methoxy groups -OCH3 is 1. The number of hydrogen-bond donors (Lipinski definition) is 1. The van der Waals surface area contributed by atoms with E-state index in [0.717, 1.165) is 18.7 Å². The van der Waals surface area contributed by atoms with E-state index in [2.05, 4.69) is 60.4 Å². The van der Waals surface area contributed by atoms with Crippen molar-refractivity contribution < 1.29 is 23.8 Å². The van der Waals surface area contributed by atoms with Gasteiger partial charge in [0.2, 0.25) is 0 Å². The van der Waals surface area contributed by atoms with Crippen molar-refractivity contribution in [2.75, 3.05) is 26.8 Å². The summed E-state index contributed by atoms with van der Waals surface area (Å²) >= 11 is 0. The van der Waals surface area contributed by atoms with Crippen LogP contribution in [-0.2, 0) is 17.8 Å². The molecule has 0 bridgehead atoms. The molecule has 4 aromatic rings. The van der Waals surface area contributed by atoms with Crippen molar-refractivity contribution in [1.29, 1.82) is 0 Å². The number of rotatable bonds is 14. The highest BCUT2D eigenvalue weighted by atomic mass is 19.1. The molecule has 0 aliphatic rings.